The van der Waals surface area contributed by atoms with Crippen molar-refractivity contribution in [2.24, 2.45) is 23.7 Å². The van der Waals surface area contributed by atoms with E-state index in [9.17, 15) is 43.2 Å². The van der Waals surface area contributed by atoms with Gasteiger partial charge in [0.1, 0.15) is 19.3 Å². The number of aliphatic hydroxyl groups is 1. The average Bonchev–Trinajstić information content (AvgIpc) is 0.931. The molecule has 0 aliphatic rings. The van der Waals surface area contributed by atoms with E-state index in [4.69, 9.17) is 37.0 Å². The van der Waals surface area contributed by atoms with E-state index < -0.39 is 97.5 Å². The summed E-state index contributed by atoms with van der Waals surface area (Å²) in [5.74, 6) is 0.952. The number of phosphoric acid groups is 2. The molecular formula is C81H158O17P2. The summed E-state index contributed by atoms with van der Waals surface area (Å²) in [7, 11) is -9.92. The fraction of sp³-hybridized carbons (Fsp3) is 0.951. The molecule has 0 amide bonds. The van der Waals surface area contributed by atoms with E-state index in [1.807, 2.05) is 0 Å². The number of phosphoric ester groups is 2. The third-order valence-corrected chi connectivity index (χ3v) is 20.7. The van der Waals surface area contributed by atoms with Gasteiger partial charge in [-0.2, -0.15) is 0 Å². The van der Waals surface area contributed by atoms with Gasteiger partial charge in [-0.15, -0.1) is 0 Å². The number of hydrogen-bond acceptors (Lipinski definition) is 15. The molecule has 0 saturated heterocycles. The van der Waals surface area contributed by atoms with Crippen molar-refractivity contribution >= 4 is 39.5 Å². The van der Waals surface area contributed by atoms with Crippen LogP contribution in [-0.4, -0.2) is 96.7 Å². The summed E-state index contributed by atoms with van der Waals surface area (Å²) in [6.45, 7) is 14.2. The van der Waals surface area contributed by atoms with E-state index in [-0.39, 0.29) is 25.7 Å². The molecule has 0 spiro atoms. The van der Waals surface area contributed by atoms with Crippen LogP contribution in [0.1, 0.15) is 415 Å². The summed E-state index contributed by atoms with van der Waals surface area (Å²) in [5.41, 5.74) is 0. The molecule has 100 heavy (non-hydrogen) atoms. The molecule has 0 aliphatic heterocycles. The summed E-state index contributed by atoms with van der Waals surface area (Å²) in [6.07, 6.45) is 57.0. The van der Waals surface area contributed by atoms with Crippen molar-refractivity contribution < 1.29 is 80.2 Å². The first-order valence-corrected chi connectivity index (χ1v) is 44.7. The van der Waals surface area contributed by atoms with Crippen LogP contribution in [0.5, 0.6) is 0 Å². The molecule has 0 aromatic heterocycles. The number of hydrogen-bond donors (Lipinski definition) is 3. The molecular weight excluding hydrogens is 1310 g/mol. The Bertz CT molecular complexity index is 1950. The molecule has 5 atom stereocenters. The first kappa shape index (κ1) is 98.1. The van der Waals surface area contributed by atoms with Crippen LogP contribution in [0.4, 0.5) is 0 Å². The lowest BCUT2D eigenvalue weighted by atomic mass is 10.0. The summed E-state index contributed by atoms with van der Waals surface area (Å²) in [5, 5.41) is 10.6. The molecule has 17 nitrogen and oxygen atoms in total. The van der Waals surface area contributed by atoms with Crippen LogP contribution in [-0.2, 0) is 65.4 Å². The second-order valence-corrected chi connectivity index (χ2v) is 34.0. The van der Waals surface area contributed by atoms with Crippen molar-refractivity contribution in [2.75, 3.05) is 39.6 Å². The Morgan fingerprint density at radius 2 is 0.420 bits per heavy atom. The monoisotopic (exact) mass is 1470 g/mol. The van der Waals surface area contributed by atoms with E-state index in [2.05, 4.69) is 55.4 Å². The van der Waals surface area contributed by atoms with Crippen LogP contribution in [0.2, 0.25) is 0 Å². The third-order valence-electron chi connectivity index (χ3n) is 18.8. The lowest BCUT2D eigenvalue weighted by molar-refractivity contribution is -0.161. The van der Waals surface area contributed by atoms with Gasteiger partial charge in [0.05, 0.1) is 26.4 Å². The maximum atomic E-state index is 13.1. The molecule has 0 heterocycles. The van der Waals surface area contributed by atoms with Crippen LogP contribution in [0.25, 0.3) is 0 Å². The number of unbranched alkanes of at least 4 members (excludes halogenated alkanes) is 44. The fourth-order valence-corrected chi connectivity index (χ4v) is 14.0. The molecule has 0 fully saturated rings. The second-order valence-electron chi connectivity index (χ2n) is 31.1. The van der Waals surface area contributed by atoms with E-state index in [0.29, 0.717) is 31.6 Å². The smallest absolute Gasteiger partial charge is 0.462 e. The van der Waals surface area contributed by atoms with Crippen LogP contribution in [0.15, 0.2) is 0 Å². The molecule has 0 aliphatic carbocycles. The van der Waals surface area contributed by atoms with Gasteiger partial charge in [-0.05, 0) is 49.4 Å². The number of carbonyl (C=O) groups excluding carboxylic acids is 4. The summed E-state index contributed by atoms with van der Waals surface area (Å²) in [6, 6.07) is 0. The lowest BCUT2D eigenvalue weighted by Crippen LogP contribution is -2.30. The number of rotatable bonds is 78. The van der Waals surface area contributed by atoms with E-state index in [1.165, 1.54) is 212 Å². The van der Waals surface area contributed by atoms with Crippen molar-refractivity contribution in [2.45, 2.75) is 433 Å². The predicted octanol–water partition coefficient (Wildman–Crippen LogP) is 24.0. The zero-order valence-electron chi connectivity index (χ0n) is 65.8. The Hall–Kier alpha value is -1.94. The highest BCUT2D eigenvalue weighted by atomic mass is 31.2. The van der Waals surface area contributed by atoms with E-state index in [1.54, 1.807) is 0 Å². The largest absolute Gasteiger partial charge is 0.472 e. The zero-order chi connectivity index (χ0) is 73.8. The number of aliphatic hydroxyl groups excluding tert-OH is 1. The van der Waals surface area contributed by atoms with Crippen molar-refractivity contribution in [3.8, 4) is 0 Å². The minimum Gasteiger partial charge on any atom is -0.462 e. The van der Waals surface area contributed by atoms with Crippen molar-refractivity contribution in [1.29, 1.82) is 0 Å². The Kier molecular flexibility index (Phi) is 68.7. The highest BCUT2D eigenvalue weighted by Crippen LogP contribution is 2.45. The van der Waals surface area contributed by atoms with Crippen LogP contribution < -0.4 is 0 Å². The lowest BCUT2D eigenvalue weighted by Gasteiger charge is -2.21. The minimum atomic E-state index is -4.96. The molecule has 0 aromatic rings. The minimum absolute atomic E-state index is 0.106. The van der Waals surface area contributed by atoms with Crippen LogP contribution in [0.3, 0.4) is 0 Å². The molecule has 594 valence electrons. The maximum Gasteiger partial charge on any atom is 0.472 e. The molecule has 19 heteroatoms. The second kappa shape index (κ2) is 70.1. The summed E-state index contributed by atoms with van der Waals surface area (Å²) >= 11 is 0. The molecule has 0 radical (unpaired) electrons. The molecule has 3 unspecified atom stereocenters. The van der Waals surface area contributed by atoms with Gasteiger partial charge >= 0.3 is 39.5 Å². The van der Waals surface area contributed by atoms with Gasteiger partial charge in [0.15, 0.2) is 12.2 Å². The molecule has 0 bridgehead atoms. The molecule has 3 N–H and O–H groups in total. The van der Waals surface area contributed by atoms with Gasteiger partial charge in [0, 0.05) is 25.7 Å². The first-order valence-electron chi connectivity index (χ1n) is 41.7. The SMILES string of the molecule is CC(C)CCCCCCCCCCCCCCCCCC(=O)OC[C@H](COP(=O)(O)OCC(O)COP(=O)(O)OC[C@@H](COC(=O)CCCCCCCCC(C)C)OC(=O)CCCCCCCCCCCCCCCCC(C)C)OC(=O)CCCCCCCCCCCCCCCC(C)C. The molecule has 0 rings (SSSR count). The first-order chi connectivity index (χ1) is 48.1. The Morgan fingerprint density at radius 1 is 0.250 bits per heavy atom. The van der Waals surface area contributed by atoms with Gasteiger partial charge in [-0.25, -0.2) is 9.13 Å². The number of carbonyl (C=O) groups is 4. The third kappa shape index (κ3) is 74.3. The van der Waals surface area contributed by atoms with Crippen molar-refractivity contribution in [3.05, 3.63) is 0 Å². The van der Waals surface area contributed by atoms with Gasteiger partial charge in [-0.3, -0.25) is 37.3 Å². The van der Waals surface area contributed by atoms with Crippen molar-refractivity contribution in [3.63, 3.8) is 0 Å². The average molecular weight is 1470 g/mol. The van der Waals surface area contributed by atoms with E-state index in [0.717, 1.165) is 114 Å². The van der Waals surface area contributed by atoms with E-state index >= 15 is 0 Å². The summed E-state index contributed by atoms with van der Waals surface area (Å²) in [4.78, 5) is 73.0. The maximum absolute atomic E-state index is 13.1. The van der Waals surface area contributed by atoms with Gasteiger partial charge in [0.25, 0.3) is 0 Å². The fourth-order valence-electron chi connectivity index (χ4n) is 12.4. The Morgan fingerprint density at radius 3 is 0.620 bits per heavy atom. The topological polar surface area (TPSA) is 237 Å². The standard InChI is InChI=1S/C81H158O17P2/c1-71(2)57-49-41-33-27-21-15-10-9-11-18-24-30-36-45-53-61-78(83)91-67-76(97-80(85)64-56-48-38-32-26-20-14-17-23-29-35-43-51-59-73(5)6)69-95-99(87,88)93-65-75(82)66-94-100(89,90)96-70-77(68-92-79(84)62-54-46-40-39-44-52-60-74(7)8)98-81(86)63-55-47-37-31-25-19-13-12-16-22-28-34-42-50-58-72(3)4/h71-77,82H,9-70H2,1-8H3,(H,87,88)(H,89,90)/t75?,76-,77-/m1/s1. The molecule has 0 aromatic carbocycles. The quantitative estimate of drug-likeness (QED) is 0.0222. The predicted molar refractivity (Wildman–Crippen MR) is 409 cm³/mol. The van der Waals surface area contributed by atoms with Crippen LogP contribution in [0, 0.1) is 23.7 Å². The molecule has 0 saturated carbocycles. The van der Waals surface area contributed by atoms with Crippen molar-refractivity contribution in [1.82, 2.24) is 0 Å². The normalized spacial score (nSPS) is 14.0. The van der Waals surface area contributed by atoms with Crippen LogP contribution >= 0.6 is 15.6 Å². The Balaban J connectivity index is 5.22. The number of esters is 4. The van der Waals surface area contributed by atoms with Gasteiger partial charge in [0.2, 0.25) is 0 Å². The van der Waals surface area contributed by atoms with Gasteiger partial charge < -0.3 is 33.8 Å². The van der Waals surface area contributed by atoms with Gasteiger partial charge in [-0.1, -0.05) is 364 Å². The highest BCUT2D eigenvalue weighted by Gasteiger charge is 2.30. The Labute approximate surface area is 613 Å². The summed E-state index contributed by atoms with van der Waals surface area (Å²) < 4.78 is 68.7. The highest BCUT2D eigenvalue weighted by molar-refractivity contribution is 7.47. The zero-order valence-corrected chi connectivity index (χ0v) is 67.6. The number of ether oxygens (including phenoxy) is 4.